The van der Waals surface area contributed by atoms with Gasteiger partial charge in [0.05, 0.1) is 17.7 Å². The van der Waals surface area contributed by atoms with Gasteiger partial charge >= 0.3 is 0 Å². The Morgan fingerprint density at radius 1 is 0.974 bits per heavy atom. The van der Waals surface area contributed by atoms with Crippen molar-refractivity contribution in [2.24, 2.45) is 0 Å². The van der Waals surface area contributed by atoms with E-state index in [0.717, 1.165) is 11.1 Å². The summed E-state index contributed by atoms with van der Waals surface area (Å²) in [7, 11) is 0. The van der Waals surface area contributed by atoms with Gasteiger partial charge in [-0.1, -0.05) is 67.6 Å². The van der Waals surface area contributed by atoms with Crippen molar-refractivity contribution >= 4 is 11.8 Å². The molecule has 206 valence electrons. The van der Waals surface area contributed by atoms with E-state index >= 15 is 0 Å². The maximum absolute atomic E-state index is 13.4. The van der Waals surface area contributed by atoms with E-state index in [1.54, 1.807) is 11.1 Å². The van der Waals surface area contributed by atoms with Crippen LogP contribution in [0.5, 0.6) is 0 Å². The van der Waals surface area contributed by atoms with Crippen LogP contribution in [0.1, 0.15) is 61.9 Å². The molecule has 4 rings (SSSR count). The molecule has 1 saturated heterocycles. The number of benzene rings is 2. The molecule has 39 heavy (non-hydrogen) atoms. The summed E-state index contributed by atoms with van der Waals surface area (Å²) in [5.41, 5.74) is 1.55. The molecule has 3 aromatic rings. The third kappa shape index (κ3) is 6.66. The fourth-order valence-electron chi connectivity index (χ4n) is 5.34. The third-order valence-corrected chi connectivity index (χ3v) is 7.85. The summed E-state index contributed by atoms with van der Waals surface area (Å²) in [6.07, 6.45) is 2.75. The van der Waals surface area contributed by atoms with Gasteiger partial charge in [-0.15, -0.1) is 0 Å². The molecule has 0 radical (unpaired) electrons. The monoisotopic (exact) mass is 529 g/mol. The number of rotatable bonds is 9. The molecule has 1 aromatic heterocycles. The molecule has 2 aromatic carbocycles. The van der Waals surface area contributed by atoms with Crippen molar-refractivity contribution in [2.75, 3.05) is 26.2 Å². The van der Waals surface area contributed by atoms with Gasteiger partial charge in [-0.2, -0.15) is 0 Å². The molecule has 1 unspecified atom stereocenters. The van der Waals surface area contributed by atoms with Gasteiger partial charge in [-0.25, -0.2) is 0 Å². The number of likely N-dealkylation sites (tertiary alicyclic amines) is 1. The van der Waals surface area contributed by atoms with Crippen molar-refractivity contribution in [2.45, 2.75) is 58.1 Å². The zero-order chi connectivity index (χ0) is 28.0. The number of piperidine rings is 1. The summed E-state index contributed by atoms with van der Waals surface area (Å²) in [5.74, 6) is 0.0421. The maximum atomic E-state index is 13.4. The first-order valence-electron chi connectivity index (χ1n) is 13.9. The molecule has 0 spiro atoms. The van der Waals surface area contributed by atoms with Crippen molar-refractivity contribution in [3.63, 3.8) is 0 Å². The number of aromatic nitrogens is 1. The lowest BCUT2D eigenvalue weighted by molar-refractivity contribution is -0.136. The number of aliphatic hydroxyl groups is 1. The zero-order valence-electron chi connectivity index (χ0n) is 23.2. The first-order valence-corrected chi connectivity index (χ1v) is 13.9. The molecule has 0 bridgehead atoms. The normalized spacial score (nSPS) is 15.5. The first-order chi connectivity index (χ1) is 18.7. The van der Waals surface area contributed by atoms with E-state index in [2.05, 4.69) is 6.92 Å². The van der Waals surface area contributed by atoms with E-state index in [1.807, 2.05) is 79.4 Å². The molecule has 1 fully saturated rings. The smallest absolute Gasteiger partial charge is 0.255 e. The van der Waals surface area contributed by atoms with Crippen LogP contribution in [-0.2, 0) is 11.3 Å². The predicted molar refractivity (Wildman–Crippen MR) is 154 cm³/mol. The van der Waals surface area contributed by atoms with E-state index in [4.69, 9.17) is 0 Å². The second kappa shape index (κ2) is 12.4. The number of pyridine rings is 1. The minimum Gasteiger partial charge on any atom is -0.388 e. The highest BCUT2D eigenvalue weighted by atomic mass is 16.3. The average Bonchev–Trinajstić information content (AvgIpc) is 2.95. The third-order valence-electron chi connectivity index (χ3n) is 7.85. The Hall–Kier alpha value is -3.71. The minimum absolute atomic E-state index is 0.0713. The van der Waals surface area contributed by atoms with Crippen LogP contribution in [0, 0.1) is 0 Å². The van der Waals surface area contributed by atoms with Gasteiger partial charge in [0.25, 0.3) is 11.5 Å². The molecule has 7 heteroatoms. The average molecular weight is 530 g/mol. The number of amides is 2. The molecular formula is C32H39N3O4. The minimum atomic E-state index is -1.14. The fourth-order valence-corrected chi connectivity index (χ4v) is 5.34. The van der Waals surface area contributed by atoms with Crippen LogP contribution in [0.2, 0.25) is 0 Å². The zero-order valence-corrected chi connectivity index (χ0v) is 23.2. The summed E-state index contributed by atoms with van der Waals surface area (Å²) in [4.78, 5) is 43.2. The summed E-state index contributed by atoms with van der Waals surface area (Å²) >= 11 is 0. The molecule has 1 N–H and O–H groups in total. The van der Waals surface area contributed by atoms with Gasteiger partial charge in [0, 0.05) is 50.4 Å². The van der Waals surface area contributed by atoms with Gasteiger partial charge in [0.1, 0.15) is 0 Å². The van der Waals surface area contributed by atoms with Crippen LogP contribution in [0.4, 0.5) is 0 Å². The highest BCUT2D eigenvalue weighted by Crippen LogP contribution is 2.28. The predicted octanol–water partition coefficient (Wildman–Crippen LogP) is 4.54. The molecule has 0 aliphatic carbocycles. The molecule has 7 nitrogen and oxygen atoms in total. The molecule has 0 saturated carbocycles. The molecule has 2 heterocycles. The van der Waals surface area contributed by atoms with E-state index in [0.29, 0.717) is 56.6 Å². The van der Waals surface area contributed by atoms with Crippen molar-refractivity contribution in [1.29, 1.82) is 0 Å². The highest BCUT2D eigenvalue weighted by Gasteiger charge is 2.35. The van der Waals surface area contributed by atoms with E-state index in [-0.39, 0.29) is 29.8 Å². The van der Waals surface area contributed by atoms with Gasteiger partial charge in [-0.3, -0.25) is 14.4 Å². The van der Waals surface area contributed by atoms with E-state index in [1.165, 1.54) is 10.6 Å². The van der Waals surface area contributed by atoms with Crippen molar-refractivity contribution < 1.29 is 14.7 Å². The standard InChI is InChI=1S/C32H39N3O4/c1-4-33(5-2)31(38)28-22-35(30(37)21-27(28)26-14-10-7-11-15-26)23-32(39)16-18-34(19-17-32)29(36)20-24(3)25-12-8-6-9-13-25/h6-15,21-22,24,39H,4-5,16-20,23H2,1-3H3. The summed E-state index contributed by atoms with van der Waals surface area (Å²) in [6.45, 7) is 7.95. The van der Waals surface area contributed by atoms with Gasteiger partial charge in [-0.05, 0) is 43.7 Å². The Labute approximate surface area is 230 Å². The molecular weight excluding hydrogens is 490 g/mol. The Morgan fingerprint density at radius 2 is 1.56 bits per heavy atom. The van der Waals surface area contributed by atoms with Gasteiger partial charge in [0.2, 0.25) is 5.91 Å². The summed E-state index contributed by atoms with van der Waals surface area (Å²) < 4.78 is 1.46. The second-order valence-corrected chi connectivity index (χ2v) is 10.5. The Morgan fingerprint density at radius 3 is 2.15 bits per heavy atom. The van der Waals surface area contributed by atoms with E-state index < -0.39 is 5.60 Å². The number of nitrogens with zero attached hydrogens (tertiary/aromatic N) is 3. The molecule has 2 amide bonds. The van der Waals surface area contributed by atoms with Crippen LogP contribution < -0.4 is 5.56 Å². The Balaban J connectivity index is 1.50. The first kappa shape index (κ1) is 28.3. The number of hydrogen-bond donors (Lipinski definition) is 1. The van der Waals surface area contributed by atoms with Crippen LogP contribution >= 0.6 is 0 Å². The highest BCUT2D eigenvalue weighted by molar-refractivity contribution is 6.00. The number of hydrogen-bond acceptors (Lipinski definition) is 4. The summed E-state index contributed by atoms with van der Waals surface area (Å²) in [6, 6.07) is 20.9. The van der Waals surface area contributed by atoms with Crippen LogP contribution in [0.25, 0.3) is 11.1 Å². The Bertz CT molecular complexity index is 1320. The second-order valence-electron chi connectivity index (χ2n) is 10.5. The lowest BCUT2D eigenvalue weighted by Crippen LogP contribution is -2.49. The lowest BCUT2D eigenvalue weighted by Gasteiger charge is -2.39. The summed E-state index contributed by atoms with van der Waals surface area (Å²) in [5, 5.41) is 11.4. The fraction of sp³-hybridized carbons (Fsp3) is 0.406. The lowest BCUT2D eigenvalue weighted by atomic mass is 9.90. The van der Waals surface area contributed by atoms with Crippen molar-refractivity contribution in [3.05, 3.63) is 94.4 Å². The van der Waals surface area contributed by atoms with Crippen LogP contribution in [-0.4, -0.2) is 63.1 Å². The number of carbonyl (C=O) groups is 2. The SMILES string of the molecule is CCN(CC)C(=O)c1cn(CC2(O)CCN(C(=O)CC(C)c3ccccc3)CC2)c(=O)cc1-c1ccccc1. The molecule has 1 aliphatic rings. The molecule has 1 aliphatic heterocycles. The Kier molecular flexibility index (Phi) is 9.02. The van der Waals surface area contributed by atoms with E-state index in [9.17, 15) is 19.5 Å². The maximum Gasteiger partial charge on any atom is 0.255 e. The van der Waals surface area contributed by atoms with Crippen molar-refractivity contribution in [1.82, 2.24) is 14.4 Å². The van der Waals surface area contributed by atoms with Crippen LogP contribution in [0.3, 0.4) is 0 Å². The van der Waals surface area contributed by atoms with Crippen molar-refractivity contribution in [3.8, 4) is 11.1 Å². The van der Waals surface area contributed by atoms with Gasteiger partial charge < -0.3 is 19.5 Å². The van der Waals surface area contributed by atoms with Crippen LogP contribution in [0.15, 0.2) is 77.7 Å². The molecule has 1 atom stereocenters. The number of carbonyl (C=O) groups excluding carboxylic acids is 2. The quantitative estimate of drug-likeness (QED) is 0.441. The van der Waals surface area contributed by atoms with Gasteiger partial charge in [0.15, 0.2) is 0 Å². The largest absolute Gasteiger partial charge is 0.388 e. The topological polar surface area (TPSA) is 82.8 Å².